The number of hydrogen-bond acceptors (Lipinski definition) is 4. The van der Waals surface area contributed by atoms with Crippen molar-refractivity contribution >= 4 is 17.3 Å². The van der Waals surface area contributed by atoms with Crippen LogP contribution in [0, 0.1) is 0 Å². The van der Waals surface area contributed by atoms with Gasteiger partial charge in [-0.15, -0.1) is 0 Å². The van der Waals surface area contributed by atoms with E-state index < -0.39 is 0 Å². The van der Waals surface area contributed by atoms with Crippen LogP contribution in [0.3, 0.4) is 0 Å². The quantitative estimate of drug-likeness (QED) is 0.817. The molecule has 1 aromatic heterocycles. The Morgan fingerprint density at radius 3 is 2.78 bits per heavy atom. The molecule has 0 fully saturated rings. The summed E-state index contributed by atoms with van der Waals surface area (Å²) < 4.78 is 5.79. The maximum atomic E-state index is 12.0. The number of amides is 1. The van der Waals surface area contributed by atoms with Gasteiger partial charge in [-0.1, -0.05) is 19.1 Å². The zero-order valence-corrected chi connectivity index (χ0v) is 13.8. The summed E-state index contributed by atoms with van der Waals surface area (Å²) in [5.41, 5.74) is 2.12. The van der Waals surface area contributed by atoms with E-state index in [9.17, 15) is 4.79 Å². The third-order valence-corrected chi connectivity index (χ3v) is 3.06. The summed E-state index contributed by atoms with van der Waals surface area (Å²) in [6.07, 6.45) is 4.23. The highest BCUT2D eigenvalue weighted by Crippen LogP contribution is 2.28. The average molecular weight is 313 g/mol. The minimum atomic E-state index is -0.116. The summed E-state index contributed by atoms with van der Waals surface area (Å²) >= 11 is 0. The van der Waals surface area contributed by atoms with Crippen molar-refractivity contribution in [2.75, 3.05) is 11.9 Å². The normalized spacial score (nSPS) is 10.4. The summed E-state index contributed by atoms with van der Waals surface area (Å²) in [4.78, 5) is 16.2. The van der Waals surface area contributed by atoms with Crippen molar-refractivity contribution in [3.05, 3.63) is 48.3 Å². The van der Waals surface area contributed by atoms with Crippen LogP contribution in [-0.4, -0.2) is 23.5 Å². The van der Waals surface area contributed by atoms with E-state index in [1.165, 1.54) is 0 Å². The van der Waals surface area contributed by atoms with E-state index in [2.05, 4.69) is 15.6 Å². The molecule has 0 aliphatic heterocycles. The Hall–Kier alpha value is -2.56. The molecule has 5 nitrogen and oxygen atoms in total. The van der Waals surface area contributed by atoms with E-state index in [4.69, 9.17) is 4.74 Å². The Balaban J connectivity index is 2.16. The van der Waals surface area contributed by atoms with Gasteiger partial charge >= 0.3 is 0 Å². The largest absolute Gasteiger partial charge is 0.489 e. The number of pyridine rings is 1. The smallest absolute Gasteiger partial charge is 0.252 e. The van der Waals surface area contributed by atoms with Crippen LogP contribution in [0.1, 0.15) is 37.6 Å². The maximum Gasteiger partial charge on any atom is 0.252 e. The Morgan fingerprint density at radius 1 is 1.26 bits per heavy atom. The lowest BCUT2D eigenvalue weighted by Crippen LogP contribution is -2.24. The second kappa shape index (κ2) is 8.17. The van der Waals surface area contributed by atoms with Gasteiger partial charge in [0.25, 0.3) is 5.91 Å². The van der Waals surface area contributed by atoms with E-state index in [1.54, 1.807) is 18.5 Å². The Labute approximate surface area is 137 Å². The molecule has 122 valence electrons. The summed E-state index contributed by atoms with van der Waals surface area (Å²) in [7, 11) is 0. The monoisotopic (exact) mass is 313 g/mol. The molecule has 5 heteroatoms. The van der Waals surface area contributed by atoms with Gasteiger partial charge in [-0.2, -0.15) is 0 Å². The van der Waals surface area contributed by atoms with Gasteiger partial charge in [0.05, 0.1) is 29.2 Å². The molecule has 1 amide bonds. The van der Waals surface area contributed by atoms with Gasteiger partial charge in [-0.3, -0.25) is 9.78 Å². The van der Waals surface area contributed by atoms with Crippen molar-refractivity contribution in [2.45, 2.75) is 33.3 Å². The van der Waals surface area contributed by atoms with Gasteiger partial charge in [0, 0.05) is 12.7 Å². The molecule has 0 saturated heterocycles. The van der Waals surface area contributed by atoms with Gasteiger partial charge in [-0.25, -0.2) is 0 Å². The zero-order valence-electron chi connectivity index (χ0n) is 13.8. The van der Waals surface area contributed by atoms with Gasteiger partial charge in [0.15, 0.2) is 0 Å². The standard InChI is InChI=1S/C18H23N3O2/c1-4-9-20-18(22)14-10-15(12-19-11-14)21-16-7-5-6-8-17(16)23-13(2)3/h5-8,10-13,21H,4,9H2,1-3H3,(H,20,22). The molecule has 2 N–H and O–H groups in total. The number of nitrogens with one attached hydrogen (secondary N) is 2. The number of para-hydroxylation sites is 2. The third-order valence-electron chi connectivity index (χ3n) is 3.06. The average Bonchev–Trinajstić information content (AvgIpc) is 2.54. The molecular weight excluding hydrogens is 290 g/mol. The fraction of sp³-hybridized carbons (Fsp3) is 0.333. The lowest BCUT2D eigenvalue weighted by atomic mass is 10.2. The first-order valence-corrected chi connectivity index (χ1v) is 7.86. The van der Waals surface area contributed by atoms with Crippen LogP contribution in [0.25, 0.3) is 0 Å². The SMILES string of the molecule is CCCNC(=O)c1cncc(Nc2ccccc2OC(C)C)c1. The van der Waals surface area contributed by atoms with Crippen molar-refractivity contribution in [1.82, 2.24) is 10.3 Å². The van der Waals surface area contributed by atoms with E-state index in [0.717, 1.165) is 23.5 Å². The number of nitrogens with zero attached hydrogens (tertiary/aromatic N) is 1. The molecule has 2 aromatic rings. The van der Waals surface area contributed by atoms with Crippen LogP contribution < -0.4 is 15.4 Å². The minimum absolute atomic E-state index is 0.0854. The first-order valence-electron chi connectivity index (χ1n) is 7.86. The number of anilines is 2. The number of benzene rings is 1. The molecule has 0 saturated carbocycles. The first kappa shape index (κ1) is 16.8. The van der Waals surface area contributed by atoms with Crippen LogP contribution in [0.2, 0.25) is 0 Å². The molecular formula is C18H23N3O2. The number of carbonyl (C=O) groups is 1. The van der Waals surface area contributed by atoms with Gasteiger partial charge in [0.1, 0.15) is 5.75 Å². The zero-order chi connectivity index (χ0) is 16.7. The molecule has 2 rings (SSSR count). The highest BCUT2D eigenvalue weighted by atomic mass is 16.5. The number of hydrogen-bond donors (Lipinski definition) is 2. The topological polar surface area (TPSA) is 63.2 Å². The first-order chi connectivity index (χ1) is 11.1. The highest BCUT2D eigenvalue weighted by molar-refractivity contribution is 5.94. The molecule has 0 bridgehead atoms. The molecule has 0 atom stereocenters. The minimum Gasteiger partial charge on any atom is -0.489 e. The van der Waals surface area contributed by atoms with E-state index in [-0.39, 0.29) is 12.0 Å². The van der Waals surface area contributed by atoms with Crippen molar-refractivity contribution in [3.8, 4) is 5.75 Å². The fourth-order valence-corrected chi connectivity index (χ4v) is 2.06. The fourth-order valence-electron chi connectivity index (χ4n) is 2.06. The van der Waals surface area contributed by atoms with Crippen LogP contribution in [-0.2, 0) is 0 Å². The molecule has 0 spiro atoms. The molecule has 1 heterocycles. The summed E-state index contributed by atoms with van der Waals surface area (Å²) in [5, 5.41) is 6.11. The molecule has 0 radical (unpaired) electrons. The molecule has 23 heavy (non-hydrogen) atoms. The number of carbonyl (C=O) groups excluding carboxylic acids is 1. The Bertz CT molecular complexity index is 656. The van der Waals surface area contributed by atoms with Crippen LogP contribution in [0.4, 0.5) is 11.4 Å². The van der Waals surface area contributed by atoms with Gasteiger partial charge in [0.2, 0.25) is 0 Å². The predicted molar refractivity (Wildman–Crippen MR) is 92.3 cm³/mol. The Morgan fingerprint density at radius 2 is 2.04 bits per heavy atom. The highest BCUT2D eigenvalue weighted by Gasteiger charge is 2.09. The van der Waals surface area contributed by atoms with Crippen molar-refractivity contribution in [1.29, 1.82) is 0 Å². The van der Waals surface area contributed by atoms with E-state index in [0.29, 0.717) is 12.1 Å². The third kappa shape index (κ3) is 4.98. The molecule has 0 unspecified atom stereocenters. The lowest BCUT2D eigenvalue weighted by Gasteiger charge is -2.15. The van der Waals surface area contributed by atoms with Crippen LogP contribution in [0.5, 0.6) is 5.75 Å². The predicted octanol–water partition coefficient (Wildman–Crippen LogP) is 3.75. The number of rotatable bonds is 7. The van der Waals surface area contributed by atoms with E-state index in [1.807, 2.05) is 45.0 Å². The van der Waals surface area contributed by atoms with E-state index >= 15 is 0 Å². The summed E-state index contributed by atoms with van der Waals surface area (Å²) in [6, 6.07) is 9.48. The van der Waals surface area contributed by atoms with Crippen molar-refractivity contribution in [2.24, 2.45) is 0 Å². The Kier molecular flexibility index (Phi) is 5.97. The van der Waals surface area contributed by atoms with Crippen LogP contribution in [0.15, 0.2) is 42.7 Å². The second-order valence-electron chi connectivity index (χ2n) is 5.51. The lowest BCUT2D eigenvalue weighted by molar-refractivity contribution is 0.0953. The summed E-state index contributed by atoms with van der Waals surface area (Å²) in [5.74, 6) is 0.651. The van der Waals surface area contributed by atoms with Gasteiger partial charge < -0.3 is 15.4 Å². The van der Waals surface area contributed by atoms with Crippen LogP contribution >= 0.6 is 0 Å². The molecule has 0 aliphatic carbocycles. The summed E-state index contributed by atoms with van der Waals surface area (Å²) in [6.45, 7) is 6.64. The number of aromatic nitrogens is 1. The second-order valence-corrected chi connectivity index (χ2v) is 5.51. The molecule has 1 aromatic carbocycles. The maximum absolute atomic E-state index is 12.0. The molecule has 0 aliphatic rings. The van der Waals surface area contributed by atoms with Gasteiger partial charge in [-0.05, 0) is 38.5 Å². The number of ether oxygens (including phenoxy) is 1. The van der Waals surface area contributed by atoms with Crippen molar-refractivity contribution < 1.29 is 9.53 Å². The van der Waals surface area contributed by atoms with Crippen molar-refractivity contribution in [3.63, 3.8) is 0 Å².